The number of aliphatic hydroxyl groups excluding tert-OH is 1. The maximum Gasteiger partial charge on any atom is 0.306 e. The molecule has 1 atom stereocenters. The van der Waals surface area contributed by atoms with E-state index in [1.807, 2.05) is 0 Å². The molecular formula is C50H86O4. The Hall–Kier alpha value is -2.43. The number of allylic oxidation sites excluding steroid dienone is 14. The van der Waals surface area contributed by atoms with Crippen LogP contribution in [0, 0.1) is 0 Å². The Labute approximate surface area is 335 Å². The van der Waals surface area contributed by atoms with E-state index in [0.29, 0.717) is 13.0 Å². The van der Waals surface area contributed by atoms with Crippen LogP contribution < -0.4 is 0 Å². The van der Waals surface area contributed by atoms with Gasteiger partial charge in [-0.25, -0.2) is 0 Å². The van der Waals surface area contributed by atoms with Crippen molar-refractivity contribution in [1.82, 2.24) is 0 Å². The van der Waals surface area contributed by atoms with Crippen LogP contribution in [0.4, 0.5) is 0 Å². The molecule has 54 heavy (non-hydrogen) atoms. The second kappa shape index (κ2) is 46.7. The van der Waals surface area contributed by atoms with Crippen LogP contribution >= 0.6 is 0 Å². The molecule has 0 fully saturated rings. The normalized spacial score (nSPS) is 13.2. The van der Waals surface area contributed by atoms with Gasteiger partial charge >= 0.3 is 5.97 Å². The van der Waals surface area contributed by atoms with Crippen LogP contribution in [-0.2, 0) is 14.3 Å². The molecule has 1 N–H and O–H groups in total. The van der Waals surface area contributed by atoms with Gasteiger partial charge in [0.25, 0.3) is 0 Å². The third kappa shape index (κ3) is 44.0. The lowest BCUT2D eigenvalue weighted by atomic mass is 10.0. The predicted molar refractivity (Wildman–Crippen MR) is 237 cm³/mol. The zero-order chi connectivity index (χ0) is 39.1. The van der Waals surface area contributed by atoms with Crippen molar-refractivity contribution in [2.45, 2.75) is 206 Å². The maximum absolute atomic E-state index is 12.2. The molecule has 0 radical (unpaired) electrons. The molecule has 0 rings (SSSR count). The lowest BCUT2D eigenvalue weighted by molar-refractivity contribution is -0.154. The summed E-state index contributed by atoms with van der Waals surface area (Å²) in [6.45, 7) is 5.21. The van der Waals surface area contributed by atoms with Gasteiger partial charge in [0.1, 0.15) is 6.10 Å². The molecule has 1 unspecified atom stereocenters. The summed E-state index contributed by atoms with van der Waals surface area (Å²) >= 11 is 0. The number of hydrogen-bond acceptors (Lipinski definition) is 4. The van der Waals surface area contributed by atoms with E-state index < -0.39 is 6.10 Å². The number of unbranched alkanes of at least 4 members (excludes halogenated alkanes) is 19. The first kappa shape index (κ1) is 51.6. The summed E-state index contributed by atoms with van der Waals surface area (Å²) in [5, 5.41) is 9.61. The van der Waals surface area contributed by atoms with Gasteiger partial charge in [0.2, 0.25) is 0 Å². The zero-order valence-corrected chi connectivity index (χ0v) is 35.5. The van der Waals surface area contributed by atoms with Gasteiger partial charge in [0.15, 0.2) is 0 Å². The van der Waals surface area contributed by atoms with Crippen molar-refractivity contribution in [3.8, 4) is 0 Å². The Morgan fingerprint density at radius 3 is 1.24 bits per heavy atom. The van der Waals surface area contributed by atoms with Gasteiger partial charge in [-0.3, -0.25) is 4.79 Å². The van der Waals surface area contributed by atoms with E-state index in [4.69, 9.17) is 9.47 Å². The summed E-state index contributed by atoms with van der Waals surface area (Å²) in [7, 11) is 0. The van der Waals surface area contributed by atoms with Crippen LogP contribution in [0.5, 0.6) is 0 Å². The Morgan fingerprint density at radius 1 is 0.463 bits per heavy atom. The summed E-state index contributed by atoms with van der Waals surface area (Å²) in [5.41, 5.74) is 0. The topological polar surface area (TPSA) is 55.8 Å². The molecule has 0 aromatic rings. The number of ether oxygens (including phenoxy) is 2. The second-order valence-electron chi connectivity index (χ2n) is 14.7. The van der Waals surface area contributed by atoms with E-state index in [9.17, 15) is 9.90 Å². The smallest absolute Gasteiger partial charge is 0.306 e. The standard InChI is InChI=1S/C50H86O4/c1-3-5-7-9-11-13-15-17-19-21-22-23-24-25-26-27-28-29-31-33-35-37-39-41-43-45-50(52)54-49(47-51)48-53-46-44-42-40-38-36-34-32-30-20-18-16-14-12-10-8-6-4-2/h5,7,11,13,17,19,22-23,25-26,28-29,33,35,49,51H,3-4,6,8-10,12,14-16,18,20-21,24,27,30-32,34,36-48H2,1-2H3/b7-5-,13-11-,19-17-,23-22-,26-25-,29-28-,35-33-. The minimum Gasteiger partial charge on any atom is -0.457 e. The van der Waals surface area contributed by atoms with E-state index in [1.54, 1.807) is 0 Å². The minimum absolute atomic E-state index is 0.188. The molecule has 0 aliphatic heterocycles. The van der Waals surface area contributed by atoms with Crippen molar-refractivity contribution in [3.63, 3.8) is 0 Å². The third-order valence-electron chi connectivity index (χ3n) is 9.48. The number of carbonyl (C=O) groups is 1. The van der Waals surface area contributed by atoms with Crippen LogP contribution in [-0.4, -0.2) is 37.0 Å². The molecule has 310 valence electrons. The second-order valence-corrected chi connectivity index (χ2v) is 14.7. The molecule has 4 heteroatoms. The average molecular weight is 751 g/mol. The summed E-state index contributed by atoms with van der Waals surface area (Å²) < 4.78 is 11.2. The SMILES string of the molecule is CC/C=C\C/C=C\C/C=C\C/C=C\C/C=C\C/C=C\C/C=C\CCCCCC(=O)OC(CO)COCCCCCCCCCCCCCCCCCCC. The van der Waals surface area contributed by atoms with Gasteiger partial charge in [0.05, 0.1) is 13.2 Å². The number of esters is 1. The van der Waals surface area contributed by atoms with E-state index >= 15 is 0 Å². The monoisotopic (exact) mass is 751 g/mol. The highest BCUT2D eigenvalue weighted by Crippen LogP contribution is 2.14. The molecule has 0 aromatic heterocycles. The highest BCUT2D eigenvalue weighted by molar-refractivity contribution is 5.69. The summed E-state index contributed by atoms with van der Waals surface area (Å²) in [6, 6.07) is 0. The lowest BCUT2D eigenvalue weighted by Crippen LogP contribution is -2.27. The number of hydrogen-bond donors (Lipinski definition) is 1. The predicted octanol–water partition coefficient (Wildman–Crippen LogP) is 15.2. The van der Waals surface area contributed by atoms with Crippen molar-refractivity contribution in [3.05, 3.63) is 85.1 Å². The van der Waals surface area contributed by atoms with Gasteiger partial charge in [-0.1, -0.05) is 208 Å². The van der Waals surface area contributed by atoms with Crippen molar-refractivity contribution in [2.24, 2.45) is 0 Å². The van der Waals surface area contributed by atoms with Gasteiger partial charge < -0.3 is 14.6 Å². The quantitative estimate of drug-likeness (QED) is 0.0384. The molecule has 0 saturated carbocycles. The van der Waals surface area contributed by atoms with Gasteiger partial charge in [-0.15, -0.1) is 0 Å². The van der Waals surface area contributed by atoms with Gasteiger partial charge in [0, 0.05) is 13.0 Å². The molecule has 4 nitrogen and oxygen atoms in total. The molecule has 0 saturated heterocycles. The van der Waals surface area contributed by atoms with Crippen LogP contribution in [0.2, 0.25) is 0 Å². The van der Waals surface area contributed by atoms with Gasteiger partial charge in [-0.05, 0) is 70.6 Å². The summed E-state index contributed by atoms with van der Waals surface area (Å²) in [4.78, 5) is 12.2. The van der Waals surface area contributed by atoms with Crippen LogP contribution in [0.15, 0.2) is 85.1 Å². The lowest BCUT2D eigenvalue weighted by Gasteiger charge is -2.15. The average Bonchev–Trinajstić information content (AvgIpc) is 3.18. The first-order valence-corrected chi connectivity index (χ1v) is 22.7. The largest absolute Gasteiger partial charge is 0.457 e. The van der Waals surface area contributed by atoms with Gasteiger partial charge in [-0.2, -0.15) is 0 Å². The molecule has 0 aromatic carbocycles. The first-order valence-electron chi connectivity index (χ1n) is 22.7. The van der Waals surface area contributed by atoms with Crippen LogP contribution in [0.3, 0.4) is 0 Å². The van der Waals surface area contributed by atoms with E-state index in [0.717, 1.165) is 77.0 Å². The number of carbonyl (C=O) groups excluding carboxylic acids is 1. The minimum atomic E-state index is -0.555. The molecule has 0 amide bonds. The van der Waals surface area contributed by atoms with E-state index in [1.165, 1.54) is 103 Å². The van der Waals surface area contributed by atoms with Crippen molar-refractivity contribution in [2.75, 3.05) is 19.8 Å². The molecule has 0 heterocycles. The fraction of sp³-hybridized carbons (Fsp3) is 0.700. The number of rotatable bonds is 41. The van der Waals surface area contributed by atoms with Crippen molar-refractivity contribution >= 4 is 5.97 Å². The Morgan fingerprint density at radius 2 is 0.833 bits per heavy atom. The molecule has 0 aliphatic rings. The molecule has 0 bridgehead atoms. The fourth-order valence-corrected chi connectivity index (χ4v) is 6.13. The Balaban J connectivity index is 3.55. The fourth-order valence-electron chi connectivity index (χ4n) is 6.13. The Kier molecular flexibility index (Phi) is 44.6. The highest BCUT2D eigenvalue weighted by atomic mass is 16.6. The Bertz CT molecular complexity index is 969. The zero-order valence-electron chi connectivity index (χ0n) is 35.5. The summed E-state index contributed by atoms with van der Waals surface area (Å²) in [5.74, 6) is -0.233. The van der Waals surface area contributed by atoms with E-state index in [-0.39, 0.29) is 19.2 Å². The molecule has 0 aliphatic carbocycles. The molecule has 0 spiro atoms. The first-order chi connectivity index (χ1) is 26.7. The van der Waals surface area contributed by atoms with E-state index in [2.05, 4.69) is 98.9 Å². The van der Waals surface area contributed by atoms with Crippen LogP contribution in [0.1, 0.15) is 200 Å². The summed E-state index contributed by atoms with van der Waals surface area (Å²) in [6.07, 6.45) is 65.0. The third-order valence-corrected chi connectivity index (χ3v) is 9.48. The van der Waals surface area contributed by atoms with Crippen LogP contribution in [0.25, 0.3) is 0 Å². The molecular weight excluding hydrogens is 665 g/mol. The van der Waals surface area contributed by atoms with Crippen molar-refractivity contribution in [1.29, 1.82) is 0 Å². The highest BCUT2D eigenvalue weighted by Gasteiger charge is 2.13. The van der Waals surface area contributed by atoms with Crippen molar-refractivity contribution < 1.29 is 19.4 Å². The maximum atomic E-state index is 12.2. The number of aliphatic hydroxyl groups is 1.